The highest BCUT2D eigenvalue weighted by atomic mass is 127. The van der Waals surface area contributed by atoms with Crippen molar-refractivity contribution >= 4 is 44.3 Å². The van der Waals surface area contributed by atoms with Gasteiger partial charge in [0, 0.05) is 19.8 Å². The molecule has 1 aliphatic heterocycles. The topological polar surface area (TPSA) is 22.0 Å². The number of carbonyl (C=O) groups excluding carboxylic acids is 1. The summed E-state index contributed by atoms with van der Waals surface area (Å²) in [6.07, 6.45) is 1.98. The molecule has 0 bridgehead atoms. The fraction of sp³-hybridized carbons (Fsp3) is 0. The predicted octanol–water partition coefficient (Wildman–Crippen LogP) is 3.39. The molecule has 15 heavy (non-hydrogen) atoms. The molecule has 0 spiro atoms. The van der Waals surface area contributed by atoms with Gasteiger partial charge in [-0.2, -0.15) is 0 Å². The summed E-state index contributed by atoms with van der Waals surface area (Å²) in [5, 5.41) is 0. The van der Waals surface area contributed by atoms with E-state index in [0.29, 0.717) is 0 Å². The Bertz CT molecular complexity index is 588. The van der Waals surface area contributed by atoms with E-state index in [2.05, 4.69) is 38.5 Å². The molecule has 0 radical (unpaired) electrons. The van der Waals surface area contributed by atoms with Crippen molar-refractivity contribution < 1.29 is 4.79 Å². The van der Waals surface area contributed by atoms with Crippen LogP contribution in [0.5, 0.6) is 0 Å². The van der Waals surface area contributed by atoms with Gasteiger partial charge in [0.25, 0.3) is 0 Å². The van der Waals surface area contributed by atoms with Gasteiger partial charge in [0.05, 0.1) is 11.4 Å². The van der Waals surface area contributed by atoms with Gasteiger partial charge < -0.3 is 4.57 Å². The maximum absolute atomic E-state index is 12.0. The number of rotatable bonds is 0. The van der Waals surface area contributed by atoms with E-state index in [9.17, 15) is 4.79 Å². The molecule has 4 heteroatoms. The third-order valence-electron chi connectivity index (χ3n) is 2.48. The summed E-state index contributed by atoms with van der Waals surface area (Å²) in [4.78, 5) is 12.0. The standard InChI is InChI=1S/C11H5BrINO/c12-6-1-2-9-8(3-6)11(15)10-4-7(13)5-14(9)10/h1-5H. The molecule has 2 aromatic rings. The minimum Gasteiger partial charge on any atom is -0.312 e. The van der Waals surface area contributed by atoms with Crippen LogP contribution in [0.3, 0.4) is 0 Å². The monoisotopic (exact) mass is 373 g/mol. The molecule has 0 unspecified atom stereocenters. The second-order valence-electron chi connectivity index (χ2n) is 3.40. The quantitative estimate of drug-likeness (QED) is 0.553. The van der Waals surface area contributed by atoms with E-state index < -0.39 is 0 Å². The second kappa shape index (κ2) is 3.18. The van der Waals surface area contributed by atoms with E-state index in [-0.39, 0.29) is 5.78 Å². The van der Waals surface area contributed by atoms with Crippen molar-refractivity contribution in [2.45, 2.75) is 0 Å². The highest BCUT2D eigenvalue weighted by Crippen LogP contribution is 2.31. The molecule has 1 aliphatic rings. The van der Waals surface area contributed by atoms with Crippen molar-refractivity contribution in [3.63, 3.8) is 0 Å². The zero-order valence-electron chi connectivity index (χ0n) is 7.50. The van der Waals surface area contributed by atoms with Crippen LogP contribution in [0.2, 0.25) is 0 Å². The lowest BCUT2D eigenvalue weighted by atomic mass is 10.1. The summed E-state index contributed by atoms with van der Waals surface area (Å²) in [7, 11) is 0. The van der Waals surface area contributed by atoms with Crippen LogP contribution < -0.4 is 0 Å². The molecule has 0 N–H and O–H groups in total. The summed E-state index contributed by atoms with van der Waals surface area (Å²) in [6, 6.07) is 7.70. The van der Waals surface area contributed by atoms with Gasteiger partial charge in [-0.15, -0.1) is 0 Å². The van der Waals surface area contributed by atoms with Gasteiger partial charge in [0.1, 0.15) is 0 Å². The van der Waals surface area contributed by atoms with Gasteiger partial charge in [0.15, 0.2) is 0 Å². The number of hydrogen-bond acceptors (Lipinski definition) is 1. The Balaban J connectivity index is 2.35. The fourth-order valence-corrected chi connectivity index (χ4v) is 2.78. The maximum Gasteiger partial charge on any atom is 0.211 e. The molecule has 1 aromatic carbocycles. The van der Waals surface area contributed by atoms with E-state index in [1.54, 1.807) is 0 Å². The first-order chi connectivity index (χ1) is 7.16. The van der Waals surface area contributed by atoms with Crippen LogP contribution in [0.1, 0.15) is 16.1 Å². The average molecular weight is 374 g/mol. The molecule has 2 heterocycles. The van der Waals surface area contributed by atoms with Crippen molar-refractivity contribution in [2.75, 3.05) is 0 Å². The number of carbonyl (C=O) groups is 1. The van der Waals surface area contributed by atoms with Gasteiger partial charge in [-0.05, 0) is 46.9 Å². The number of halogens is 2. The summed E-state index contributed by atoms with van der Waals surface area (Å²) in [5.41, 5.74) is 2.50. The molecule has 0 saturated heterocycles. The van der Waals surface area contributed by atoms with Crippen LogP contribution in [-0.4, -0.2) is 10.4 Å². The Kier molecular flexibility index (Phi) is 2.04. The summed E-state index contributed by atoms with van der Waals surface area (Å²) < 4.78 is 3.98. The van der Waals surface area contributed by atoms with E-state index in [1.165, 1.54) is 0 Å². The van der Waals surface area contributed by atoms with Gasteiger partial charge >= 0.3 is 0 Å². The fourth-order valence-electron chi connectivity index (χ4n) is 1.84. The minimum absolute atomic E-state index is 0.106. The largest absolute Gasteiger partial charge is 0.312 e. The second-order valence-corrected chi connectivity index (χ2v) is 5.57. The zero-order chi connectivity index (χ0) is 10.6. The first-order valence-corrected chi connectivity index (χ1v) is 6.26. The number of hydrogen-bond donors (Lipinski definition) is 0. The van der Waals surface area contributed by atoms with Crippen LogP contribution in [0.25, 0.3) is 5.69 Å². The van der Waals surface area contributed by atoms with E-state index in [1.807, 2.05) is 35.0 Å². The molecule has 0 amide bonds. The molecule has 3 rings (SSSR count). The molecule has 74 valence electrons. The number of fused-ring (bicyclic) bond motifs is 3. The lowest BCUT2D eigenvalue weighted by Crippen LogP contribution is -1.94. The molecule has 0 atom stereocenters. The van der Waals surface area contributed by atoms with Gasteiger partial charge in [-0.1, -0.05) is 15.9 Å². The highest BCUT2D eigenvalue weighted by molar-refractivity contribution is 14.1. The molecule has 0 saturated carbocycles. The van der Waals surface area contributed by atoms with Gasteiger partial charge in [-0.25, -0.2) is 0 Å². The van der Waals surface area contributed by atoms with Crippen LogP contribution in [0.15, 0.2) is 34.9 Å². The van der Waals surface area contributed by atoms with Crippen LogP contribution >= 0.6 is 38.5 Å². The molecule has 0 fully saturated rings. The van der Waals surface area contributed by atoms with E-state index in [0.717, 1.165) is 25.0 Å². The SMILES string of the molecule is O=C1c2cc(Br)ccc2-n2cc(I)cc21. The van der Waals surface area contributed by atoms with E-state index in [4.69, 9.17) is 0 Å². The lowest BCUT2D eigenvalue weighted by Gasteiger charge is -2.00. The highest BCUT2D eigenvalue weighted by Gasteiger charge is 2.26. The third-order valence-corrected chi connectivity index (χ3v) is 3.57. The van der Waals surface area contributed by atoms with E-state index >= 15 is 0 Å². The van der Waals surface area contributed by atoms with Crippen LogP contribution in [-0.2, 0) is 0 Å². The molecular formula is C11H5BrINO. The van der Waals surface area contributed by atoms with Crippen molar-refractivity contribution in [3.8, 4) is 5.69 Å². The molecule has 0 aliphatic carbocycles. The number of benzene rings is 1. The molecular weight excluding hydrogens is 369 g/mol. The average Bonchev–Trinajstić information content (AvgIpc) is 2.67. The van der Waals surface area contributed by atoms with Gasteiger partial charge in [0.2, 0.25) is 5.78 Å². The lowest BCUT2D eigenvalue weighted by molar-refractivity contribution is 0.104. The minimum atomic E-state index is 0.106. The van der Waals surface area contributed by atoms with Gasteiger partial charge in [-0.3, -0.25) is 4.79 Å². The Hall–Kier alpha value is -0.620. The maximum atomic E-state index is 12.0. The summed E-state index contributed by atoms with van der Waals surface area (Å²) >= 11 is 5.59. The smallest absolute Gasteiger partial charge is 0.211 e. The van der Waals surface area contributed by atoms with Crippen molar-refractivity contribution in [3.05, 3.63) is 49.8 Å². The Morgan fingerprint density at radius 2 is 2.07 bits per heavy atom. The van der Waals surface area contributed by atoms with Crippen LogP contribution in [0, 0.1) is 3.57 Å². The Morgan fingerprint density at radius 1 is 1.27 bits per heavy atom. The molecule has 1 aromatic heterocycles. The van der Waals surface area contributed by atoms with Crippen molar-refractivity contribution in [1.29, 1.82) is 0 Å². The number of aromatic nitrogens is 1. The third kappa shape index (κ3) is 1.31. The zero-order valence-corrected chi connectivity index (χ0v) is 11.2. The Morgan fingerprint density at radius 3 is 2.87 bits per heavy atom. The Labute approximate surface area is 109 Å². The number of ketones is 1. The first-order valence-electron chi connectivity index (χ1n) is 4.39. The summed E-state index contributed by atoms with van der Waals surface area (Å²) in [6.45, 7) is 0. The van der Waals surface area contributed by atoms with Crippen molar-refractivity contribution in [1.82, 2.24) is 4.57 Å². The summed E-state index contributed by atoms with van der Waals surface area (Å²) in [5.74, 6) is 0.106. The van der Waals surface area contributed by atoms with Crippen molar-refractivity contribution in [2.24, 2.45) is 0 Å². The van der Waals surface area contributed by atoms with Crippen LogP contribution in [0.4, 0.5) is 0 Å². The molecule has 2 nitrogen and oxygen atoms in total. The first kappa shape index (κ1) is 9.59. The normalized spacial score (nSPS) is 12.8. The predicted molar refractivity (Wildman–Crippen MR) is 69.6 cm³/mol. The number of nitrogens with zero attached hydrogens (tertiary/aromatic N) is 1.